The topological polar surface area (TPSA) is 69.8 Å². The largest absolute Gasteiger partial charge is 0.494 e. The third kappa shape index (κ3) is 3.98. The van der Waals surface area contributed by atoms with E-state index in [1.807, 2.05) is 68.8 Å². The van der Waals surface area contributed by atoms with Crippen LogP contribution in [0.3, 0.4) is 0 Å². The summed E-state index contributed by atoms with van der Waals surface area (Å²) >= 11 is 0. The average molecular weight is 457 g/mol. The number of nitrogens with one attached hydrogen (secondary N) is 1. The fourth-order valence-electron chi connectivity index (χ4n) is 4.03. The van der Waals surface area contributed by atoms with Crippen LogP contribution in [0.25, 0.3) is 28.1 Å². The lowest BCUT2D eigenvalue weighted by molar-refractivity contribution is 0.340. The van der Waals surface area contributed by atoms with Gasteiger partial charge in [0.2, 0.25) is 0 Å². The van der Waals surface area contributed by atoms with Gasteiger partial charge in [0.15, 0.2) is 5.82 Å². The van der Waals surface area contributed by atoms with Crippen molar-refractivity contribution in [1.29, 1.82) is 0 Å². The van der Waals surface area contributed by atoms with Crippen molar-refractivity contribution in [1.82, 2.24) is 24.1 Å². The van der Waals surface area contributed by atoms with Gasteiger partial charge in [-0.15, -0.1) is 0 Å². The van der Waals surface area contributed by atoms with Crippen LogP contribution >= 0.6 is 0 Å². The Balaban J connectivity index is 1.54. The predicted molar refractivity (Wildman–Crippen MR) is 131 cm³/mol. The molecule has 5 rings (SSSR count). The summed E-state index contributed by atoms with van der Waals surface area (Å²) in [6, 6.07) is 14.8. The molecule has 0 bridgehead atoms. The van der Waals surface area contributed by atoms with E-state index in [9.17, 15) is 4.39 Å². The van der Waals surface area contributed by atoms with Crippen LogP contribution in [0.1, 0.15) is 18.3 Å². The van der Waals surface area contributed by atoms with Gasteiger partial charge in [-0.25, -0.2) is 19.3 Å². The Labute approximate surface area is 196 Å². The summed E-state index contributed by atoms with van der Waals surface area (Å²) in [5, 5.41) is 3.26. The Morgan fingerprint density at radius 3 is 2.62 bits per heavy atom. The third-order valence-electron chi connectivity index (χ3n) is 5.60. The van der Waals surface area contributed by atoms with Gasteiger partial charge in [-0.05, 0) is 57.2 Å². The molecule has 3 heterocycles. The lowest BCUT2D eigenvalue weighted by Crippen LogP contribution is -2.00. The van der Waals surface area contributed by atoms with Crippen LogP contribution in [0.4, 0.5) is 15.9 Å². The second-order valence-corrected chi connectivity index (χ2v) is 8.15. The summed E-state index contributed by atoms with van der Waals surface area (Å²) in [6.07, 6.45) is 3.38. The van der Waals surface area contributed by atoms with Gasteiger partial charge in [-0.1, -0.05) is 12.1 Å². The van der Waals surface area contributed by atoms with Crippen molar-refractivity contribution in [3.05, 3.63) is 78.3 Å². The molecule has 0 atom stereocenters. The van der Waals surface area contributed by atoms with Crippen LogP contribution in [0.2, 0.25) is 0 Å². The van der Waals surface area contributed by atoms with Gasteiger partial charge in [-0.2, -0.15) is 0 Å². The maximum atomic E-state index is 14.9. The van der Waals surface area contributed by atoms with Crippen molar-refractivity contribution in [3.63, 3.8) is 0 Å². The van der Waals surface area contributed by atoms with Gasteiger partial charge in [0.1, 0.15) is 22.9 Å². The zero-order valence-corrected chi connectivity index (χ0v) is 19.5. The number of aromatic nitrogens is 5. The molecular weight excluding hydrogens is 431 g/mol. The second-order valence-electron chi connectivity index (χ2n) is 8.15. The van der Waals surface area contributed by atoms with E-state index in [0.717, 1.165) is 34.0 Å². The highest BCUT2D eigenvalue weighted by Gasteiger charge is 2.16. The van der Waals surface area contributed by atoms with Gasteiger partial charge in [0.25, 0.3) is 0 Å². The van der Waals surface area contributed by atoms with Gasteiger partial charge < -0.3 is 19.2 Å². The summed E-state index contributed by atoms with van der Waals surface area (Å²) in [4.78, 5) is 13.7. The van der Waals surface area contributed by atoms with Crippen molar-refractivity contribution in [2.75, 3.05) is 11.9 Å². The van der Waals surface area contributed by atoms with Gasteiger partial charge in [-0.3, -0.25) is 0 Å². The number of hydrogen-bond acceptors (Lipinski definition) is 5. The molecule has 34 heavy (non-hydrogen) atoms. The number of ether oxygens (including phenoxy) is 1. The number of pyridine rings is 1. The molecule has 0 aliphatic rings. The van der Waals surface area contributed by atoms with Crippen molar-refractivity contribution in [3.8, 4) is 22.8 Å². The Bertz CT molecular complexity index is 1500. The smallest absolute Gasteiger partial charge is 0.158 e. The minimum absolute atomic E-state index is 0.360. The molecular formula is C26H25FN6O. The second kappa shape index (κ2) is 8.62. The quantitative estimate of drug-likeness (QED) is 0.354. The van der Waals surface area contributed by atoms with E-state index >= 15 is 0 Å². The van der Waals surface area contributed by atoms with Crippen LogP contribution in [-0.2, 0) is 7.05 Å². The summed E-state index contributed by atoms with van der Waals surface area (Å²) in [7, 11) is 1.98. The van der Waals surface area contributed by atoms with E-state index < -0.39 is 0 Å². The van der Waals surface area contributed by atoms with E-state index in [-0.39, 0.29) is 5.82 Å². The van der Waals surface area contributed by atoms with E-state index in [4.69, 9.17) is 9.72 Å². The molecule has 5 aromatic rings. The van der Waals surface area contributed by atoms with Crippen molar-refractivity contribution in [2.45, 2.75) is 20.8 Å². The summed E-state index contributed by atoms with van der Waals surface area (Å²) in [5.74, 6) is 1.80. The van der Waals surface area contributed by atoms with Crippen LogP contribution < -0.4 is 10.1 Å². The molecule has 7 nitrogen and oxygen atoms in total. The Kier molecular flexibility index (Phi) is 5.49. The Morgan fingerprint density at radius 1 is 1.03 bits per heavy atom. The number of aryl methyl sites for hydroxylation is 3. The van der Waals surface area contributed by atoms with Gasteiger partial charge in [0.05, 0.1) is 29.8 Å². The predicted octanol–water partition coefficient (Wildman–Crippen LogP) is 5.72. The lowest BCUT2D eigenvalue weighted by Gasteiger charge is -2.10. The van der Waals surface area contributed by atoms with E-state index in [2.05, 4.69) is 15.3 Å². The standard InChI is InChI=1S/C26H25FN6O/c1-5-34-20-8-6-7-18(12-20)26-31-24-23(32(26)4)11-16(2)29-25(24)30-19-9-10-22(21(27)13-19)33-14-17(3)28-15-33/h6-15H,5H2,1-4H3,(H,29,30). The lowest BCUT2D eigenvalue weighted by atomic mass is 10.2. The zero-order valence-electron chi connectivity index (χ0n) is 19.5. The van der Waals surface area contributed by atoms with E-state index in [1.54, 1.807) is 23.2 Å². The number of benzene rings is 2. The third-order valence-corrected chi connectivity index (χ3v) is 5.60. The van der Waals surface area contributed by atoms with Gasteiger partial charge >= 0.3 is 0 Å². The van der Waals surface area contributed by atoms with E-state index in [1.165, 1.54) is 6.07 Å². The summed E-state index contributed by atoms with van der Waals surface area (Å²) in [5.41, 5.74) is 5.26. The normalized spacial score (nSPS) is 11.2. The van der Waals surface area contributed by atoms with Crippen LogP contribution in [-0.4, -0.2) is 30.7 Å². The summed E-state index contributed by atoms with van der Waals surface area (Å²) in [6.45, 7) is 6.35. The molecule has 0 amide bonds. The maximum Gasteiger partial charge on any atom is 0.158 e. The first-order chi connectivity index (χ1) is 16.4. The molecule has 2 aromatic carbocycles. The average Bonchev–Trinajstić information content (AvgIpc) is 3.38. The molecule has 0 spiro atoms. The molecule has 0 aliphatic heterocycles. The first kappa shape index (κ1) is 21.6. The molecule has 0 fully saturated rings. The van der Waals surface area contributed by atoms with Crippen molar-refractivity contribution >= 4 is 22.5 Å². The fraction of sp³-hybridized carbons (Fsp3) is 0.192. The minimum atomic E-state index is -0.360. The monoisotopic (exact) mass is 456 g/mol. The maximum absolute atomic E-state index is 14.9. The molecule has 3 aromatic heterocycles. The first-order valence-electron chi connectivity index (χ1n) is 11.1. The summed E-state index contributed by atoms with van der Waals surface area (Å²) < 4.78 is 24.2. The number of imidazole rings is 2. The molecule has 0 saturated heterocycles. The molecule has 172 valence electrons. The zero-order chi connectivity index (χ0) is 23.8. The number of nitrogens with zero attached hydrogens (tertiary/aromatic N) is 5. The van der Waals surface area contributed by atoms with Crippen molar-refractivity contribution < 1.29 is 9.13 Å². The number of fused-ring (bicyclic) bond motifs is 1. The number of anilines is 2. The van der Waals surface area contributed by atoms with Gasteiger partial charge in [0, 0.05) is 30.2 Å². The highest BCUT2D eigenvalue weighted by atomic mass is 19.1. The van der Waals surface area contributed by atoms with E-state index in [0.29, 0.717) is 29.3 Å². The minimum Gasteiger partial charge on any atom is -0.494 e. The highest BCUT2D eigenvalue weighted by molar-refractivity contribution is 5.91. The molecule has 0 saturated carbocycles. The molecule has 0 radical (unpaired) electrons. The Hall–Kier alpha value is -4.20. The first-order valence-corrected chi connectivity index (χ1v) is 11.1. The molecule has 0 aliphatic carbocycles. The number of halogens is 1. The number of hydrogen-bond donors (Lipinski definition) is 1. The van der Waals surface area contributed by atoms with Crippen LogP contribution in [0.5, 0.6) is 5.75 Å². The molecule has 0 unspecified atom stereocenters. The molecule has 1 N–H and O–H groups in total. The van der Waals surface area contributed by atoms with Crippen molar-refractivity contribution in [2.24, 2.45) is 7.05 Å². The SMILES string of the molecule is CCOc1cccc(-c2nc3c(Nc4ccc(-n5cnc(C)c5)c(F)c4)nc(C)cc3n2C)c1. The highest BCUT2D eigenvalue weighted by Crippen LogP contribution is 2.31. The Morgan fingerprint density at radius 2 is 1.88 bits per heavy atom. The fourth-order valence-corrected chi connectivity index (χ4v) is 4.03. The van der Waals surface area contributed by atoms with Crippen LogP contribution in [0, 0.1) is 19.7 Å². The molecule has 8 heteroatoms. The van der Waals surface area contributed by atoms with Crippen LogP contribution in [0.15, 0.2) is 61.1 Å². The number of rotatable bonds is 6.